The van der Waals surface area contributed by atoms with Crippen LogP contribution in [0.15, 0.2) is 77.8 Å². The van der Waals surface area contributed by atoms with Gasteiger partial charge in [0.05, 0.1) is 12.0 Å². The van der Waals surface area contributed by atoms with E-state index >= 15 is 0 Å². The lowest BCUT2D eigenvalue weighted by Crippen LogP contribution is -2.44. The van der Waals surface area contributed by atoms with Gasteiger partial charge in [0.25, 0.3) is 0 Å². The van der Waals surface area contributed by atoms with Crippen molar-refractivity contribution in [1.29, 1.82) is 0 Å². The van der Waals surface area contributed by atoms with Crippen molar-refractivity contribution in [2.75, 3.05) is 0 Å². The van der Waals surface area contributed by atoms with Crippen LogP contribution in [0.5, 0.6) is 0 Å². The summed E-state index contributed by atoms with van der Waals surface area (Å²) >= 11 is 13.5. The number of carboxylic acid groups (broad SMARTS) is 1. The molecule has 1 aliphatic rings. The molecule has 3 aromatic carbocycles. The molecule has 8 heteroatoms. The van der Waals surface area contributed by atoms with Crippen LogP contribution < -0.4 is 0 Å². The first-order valence-corrected chi connectivity index (χ1v) is 13.1. The Kier molecular flexibility index (Phi) is 6.54. The number of nitrogens with one attached hydrogen (secondary N) is 1. The molecule has 0 bridgehead atoms. The van der Waals surface area contributed by atoms with Crippen molar-refractivity contribution in [2.45, 2.75) is 36.1 Å². The van der Waals surface area contributed by atoms with E-state index in [4.69, 9.17) is 23.2 Å². The molecule has 36 heavy (non-hydrogen) atoms. The molecule has 0 saturated carbocycles. The maximum atomic E-state index is 13.8. The first-order chi connectivity index (χ1) is 17.2. The molecular weight excluding hydrogens is 515 g/mol. The molecule has 5 rings (SSSR count). The lowest BCUT2D eigenvalue weighted by Gasteiger charge is -2.35. The Morgan fingerprint density at radius 3 is 2.39 bits per heavy atom. The van der Waals surface area contributed by atoms with Crippen LogP contribution in [0.4, 0.5) is 0 Å². The topological polar surface area (TPSA) is 73.4 Å². The van der Waals surface area contributed by atoms with Gasteiger partial charge in [-0.1, -0.05) is 66.0 Å². The third kappa shape index (κ3) is 4.17. The molecule has 2 N–H and O–H groups in total. The van der Waals surface area contributed by atoms with Gasteiger partial charge in [-0.2, -0.15) is 0 Å². The van der Waals surface area contributed by atoms with Crippen LogP contribution in [0.3, 0.4) is 0 Å². The van der Waals surface area contributed by atoms with Crippen LogP contribution in [0.25, 0.3) is 10.9 Å². The predicted molar refractivity (Wildman–Crippen MR) is 145 cm³/mol. The fourth-order valence-electron chi connectivity index (χ4n) is 5.02. The summed E-state index contributed by atoms with van der Waals surface area (Å²) in [4.78, 5) is 32.8. The molecule has 2 heterocycles. The van der Waals surface area contributed by atoms with Gasteiger partial charge in [-0.25, -0.2) is 0 Å². The molecule has 4 aromatic rings. The highest BCUT2D eigenvalue weighted by molar-refractivity contribution is 8.01. The van der Waals surface area contributed by atoms with Gasteiger partial charge >= 0.3 is 5.97 Å². The maximum Gasteiger partial charge on any atom is 0.323 e. The summed E-state index contributed by atoms with van der Waals surface area (Å²) in [5.41, 5.74) is 3.48. The van der Waals surface area contributed by atoms with Crippen molar-refractivity contribution < 1.29 is 14.7 Å². The van der Waals surface area contributed by atoms with Crippen molar-refractivity contribution in [3.05, 3.63) is 99.7 Å². The number of aryl methyl sites for hydroxylation is 1. The molecule has 0 aliphatic carbocycles. The minimum absolute atomic E-state index is 0.208. The highest BCUT2D eigenvalue weighted by Crippen LogP contribution is 2.56. The number of benzene rings is 3. The second kappa shape index (κ2) is 9.51. The first kappa shape index (κ1) is 24.8. The highest BCUT2D eigenvalue weighted by Gasteiger charge is 2.63. The summed E-state index contributed by atoms with van der Waals surface area (Å²) in [5.74, 6) is -2.02. The Hall–Kier alpha value is -2.93. The van der Waals surface area contributed by atoms with Crippen LogP contribution in [-0.4, -0.2) is 31.6 Å². The Morgan fingerprint density at radius 1 is 1.06 bits per heavy atom. The lowest BCUT2D eigenvalue weighted by molar-refractivity contribution is -0.142. The number of thioether (sulfide) groups is 1. The van der Waals surface area contributed by atoms with Gasteiger partial charge in [-0.15, -0.1) is 11.8 Å². The molecular formula is C28H24Cl2N2O3S. The number of aromatic nitrogens is 1. The Morgan fingerprint density at radius 2 is 1.72 bits per heavy atom. The smallest absolute Gasteiger partial charge is 0.323 e. The monoisotopic (exact) mass is 538 g/mol. The first-order valence-electron chi connectivity index (χ1n) is 11.5. The molecule has 1 aromatic heterocycles. The minimum atomic E-state index is -1.46. The second-order valence-corrected chi connectivity index (χ2v) is 11.4. The normalized spacial score (nSPS) is 21.9. The average molecular weight is 539 g/mol. The zero-order valence-electron chi connectivity index (χ0n) is 19.7. The van der Waals surface area contributed by atoms with Crippen LogP contribution >= 0.6 is 35.0 Å². The largest absolute Gasteiger partial charge is 0.480 e. The summed E-state index contributed by atoms with van der Waals surface area (Å²) in [6, 6.07) is 19.7. The summed E-state index contributed by atoms with van der Waals surface area (Å²) in [6.07, 6.45) is 1.80. The number of carboxylic acids is 1. The quantitative estimate of drug-likeness (QED) is 0.274. The van der Waals surface area contributed by atoms with E-state index in [0.29, 0.717) is 10.0 Å². The van der Waals surface area contributed by atoms with Crippen LogP contribution in [0, 0.1) is 12.8 Å². The molecule has 3 unspecified atom stereocenters. The number of aromatic amines is 1. The number of likely N-dealkylation sites (tertiary alicyclic amines) is 1. The van der Waals surface area contributed by atoms with Crippen LogP contribution in [0.1, 0.15) is 29.7 Å². The molecule has 1 aliphatic heterocycles. The van der Waals surface area contributed by atoms with Gasteiger partial charge in [0.1, 0.15) is 0 Å². The lowest BCUT2D eigenvalue weighted by atomic mass is 9.86. The zero-order valence-corrected chi connectivity index (χ0v) is 22.0. The van der Waals surface area contributed by atoms with E-state index in [-0.39, 0.29) is 12.5 Å². The number of carbonyl (C=O) groups excluding carboxylic acids is 1. The van der Waals surface area contributed by atoms with E-state index < -0.39 is 22.7 Å². The van der Waals surface area contributed by atoms with Crippen molar-refractivity contribution in [2.24, 2.45) is 5.92 Å². The van der Waals surface area contributed by atoms with Crippen molar-refractivity contribution >= 4 is 57.7 Å². The third-order valence-corrected chi connectivity index (χ3v) is 8.98. The molecule has 3 atom stereocenters. The highest BCUT2D eigenvalue weighted by atomic mass is 35.5. The minimum Gasteiger partial charge on any atom is -0.480 e. The molecule has 1 amide bonds. The van der Waals surface area contributed by atoms with Gasteiger partial charge < -0.3 is 15.0 Å². The molecule has 0 spiro atoms. The van der Waals surface area contributed by atoms with Gasteiger partial charge in [-0.05, 0) is 48.9 Å². The number of halogens is 2. The van der Waals surface area contributed by atoms with Crippen LogP contribution in [0.2, 0.25) is 10.0 Å². The van der Waals surface area contributed by atoms with Crippen molar-refractivity contribution in [1.82, 2.24) is 9.88 Å². The van der Waals surface area contributed by atoms with E-state index in [2.05, 4.69) is 4.98 Å². The Bertz CT molecular complexity index is 1450. The van der Waals surface area contributed by atoms with Crippen molar-refractivity contribution in [3.8, 4) is 0 Å². The van der Waals surface area contributed by atoms with Gasteiger partial charge in [0.2, 0.25) is 5.91 Å². The fourth-order valence-corrected chi connectivity index (χ4v) is 6.71. The molecule has 0 radical (unpaired) electrons. The Balaban J connectivity index is 1.70. The van der Waals surface area contributed by atoms with E-state index in [0.717, 1.165) is 32.5 Å². The van der Waals surface area contributed by atoms with E-state index in [1.165, 1.54) is 11.8 Å². The van der Waals surface area contributed by atoms with E-state index in [1.54, 1.807) is 42.3 Å². The van der Waals surface area contributed by atoms with Crippen LogP contribution in [-0.2, 0) is 16.1 Å². The number of amides is 1. The second-order valence-electron chi connectivity index (χ2n) is 9.16. The number of aliphatic carboxylic acids is 1. The summed E-state index contributed by atoms with van der Waals surface area (Å²) < 4.78 is -1.46. The van der Waals surface area contributed by atoms with Gasteiger partial charge in [0, 0.05) is 44.1 Å². The average Bonchev–Trinajstić information content (AvgIpc) is 3.34. The van der Waals surface area contributed by atoms with Gasteiger partial charge in [0.15, 0.2) is 4.75 Å². The molecule has 1 fully saturated rings. The number of nitrogens with zero attached hydrogens (tertiary/aromatic N) is 1. The van der Waals surface area contributed by atoms with Gasteiger partial charge in [-0.3, -0.25) is 9.59 Å². The predicted octanol–water partition coefficient (Wildman–Crippen LogP) is 7.12. The standard InChI is InChI=1S/C28H24Cl2N2O3S/c1-16-3-10-21(11-4-16)36-28(27(34)35)17(2)26(33)32(15-18-5-7-19(29)8-6-18)25(28)23-14-31-24-13-20(30)9-12-22(23)24/h3-14,17,25,31H,15H2,1-2H3,(H,34,35). The number of hydrogen-bond acceptors (Lipinski definition) is 3. The summed E-state index contributed by atoms with van der Waals surface area (Å²) in [5, 5.41) is 12.8. The third-order valence-electron chi connectivity index (χ3n) is 6.89. The van der Waals surface area contributed by atoms with E-state index in [9.17, 15) is 14.7 Å². The zero-order chi connectivity index (χ0) is 25.6. The summed E-state index contributed by atoms with van der Waals surface area (Å²) in [6.45, 7) is 3.96. The molecule has 5 nitrogen and oxygen atoms in total. The Labute approximate surface area is 223 Å². The fraction of sp³-hybridized carbons (Fsp3) is 0.214. The molecule has 1 saturated heterocycles. The number of H-pyrrole nitrogens is 1. The number of carbonyl (C=O) groups is 2. The molecule has 184 valence electrons. The number of hydrogen-bond donors (Lipinski definition) is 2. The number of rotatable bonds is 6. The summed E-state index contributed by atoms with van der Waals surface area (Å²) in [7, 11) is 0. The van der Waals surface area contributed by atoms with E-state index in [1.807, 2.05) is 49.4 Å². The number of fused-ring (bicyclic) bond motifs is 1. The maximum absolute atomic E-state index is 13.8. The van der Waals surface area contributed by atoms with Crippen molar-refractivity contribution in [3.63, 3.8) is 0 Å². The SMILES string of the molecule is Cc1ccc(SC2(C(=O)O)C(C)C(=O)N(Cc3ccc(Cl)cc3)C2c2c[nH]c3cc(Cl)ccc23)cc1.